The maximum Gasteiger partial charge on any atom is 0.323 e. The molecule has 1 fully saturated rings. The number of pyridine rings is 1. The molecule has 2 aliphatic heterocycles. The number of rotatable bonds is 3. The standard InChI is InChI=1S/C21H18ClN5O3/c1-12-17-8-16(30-2)4-3-14(17)10-27(12)11-21(19(28)25-20(29)26-21)6-5-13-7-15(22)9-24-18(13)23/h3-4,7-9H,1,10-11H2,2H3,(H2,23,24)(H2,25,26,28,29)/t21-/m1/s1. The van der Waals surface area contributed by atoms with Crippen molar-refractivity contribution < 1.29 is 14.3 Å². The van der Waals surface area contributed by atoms with Crippen molar-refractivity contribution in [3.63, 3.8) is 0 Å². The van der Waals surface area contributed by atoms with E-state index in [4.69, 9.17) is 22.1 Å². The Kier molecular flexibility index (Phi) is 4.76. The van der Waals surface area contributed by atoms with Crippen LogP contribution in [-0.4, -0.2) is 41.0 Å². The molecule has 1 saturated heterocycles. The molecule has 0 unspecified atom stereocenters. The minimum atomic E-state index is -1.49. The average Bonchev–Trinajstić information content (AvgIpc) is 3.18. The summed E-state index contributed by atoms with van der Waals surface area (Å²) in [5, 5.41) is 5.26. The second-order valence-corrected chi connectivity index (χ2v) is 7.41. The van der Waals surface area contributed by atoms with Crippen molar-refractivity contribution in [3.05, 3.63) is 58.8 Å². The van der Waals surface area contributed by atoms with Crippen molar-refractivity contribution in [1.82, 2.24) is 20.5 Å². The zero-order valence-electron chi connectivity index (χ0n) is 16.1. The SMILES string of the molecule is C=C1c2cc(OC)ccc2CN1C[C@@]1(C#Cc2cc(Cl)cnc2N)NC(=O)NC1=O. The van der Waals surface area contributed by atoms with Crippen molar-refractivity contribution in [2.75, 3.05) is 19.4 Å². The van der Waals surface area contributed by atoms with Gasteiger partial charge in [0.15, 0.2) is 0 Å². The number of nitrogens with two attached hydrogens (primary N) is 1. The predicted molar refractivity (Wildman–Crippen MR) is 112 cm³/mol. The summed E-state index contributed by atoms with van der Waals surface area (Å²) in [4.78, 5) is 30.5. The first-order valence-corrected chi connectivity index (χ1v) is 9.38. The minimum absolute atomic E-state index is 0.0985. The lowest BCUT2D eigenvalue weighted by molar-refractivity contribution is -0.122. The molecule has 2 aromatic rings. The molecule has 3 heterocycles. The lowest BCUT2D eigenvalue weighted by atomic mass is 9.99. The van der Waals surface area contributed by atoms with Crippen molar-refractivity contribution in [3.8, 4) is 17.6 Å². The summed E-state index contributed by atoms with van der Waals surface area (Å²) in [6.07, 6.45) is 1.40. The van der Waals surface area contributed by atoms with Crippen LogP contribution in [0.5, 0.6) is 5.75 Å². The van der Waals surface area contributed by atoms with E-state index in [2.05, 4.69) is 34.0 Å². The molecule has 4 rings (SSSR count). The fourth-order valence-electron chi connectivity index (χ4n) is 3.45. The Morgan fingerprint density at radius 1 is 1.40 bits per heavy atom. The average molecular weight is 424 g/mol. The topological polar surface area (TPSA) is 110 Å². The molecule has 1 atom stereocenters. The largest absolute Gasteiger partial charge is 0.497 e. The van der Waals surface area contributed by atoms with Gasteiger partial charge in [-0.2, -0.15) is 0 Å². The molecule has 0 bridgehead atoms. The van der Waals surface area contributed by atoms with Gasteiger partial charge in [0.05, 0.1) is 24.2 Å². The van der Waals surface area contributed by atoms with E-state index >= 15 is 0 Å². The molecule has 0 radical (unpaired) electrons. The van der Waals surface area contributed by atoms with Crippen molar-refractivity contribution in [2.24, 2.45) is 0 Å². The normalized spacial score (nSPS) is 19.7. The Morgan fingerprint density at radius 2 is 2.20 bits per heavy atom. The molecule has 0 saturated carbocycles. The molecule has 9 heteroatoms. The third-order valence-corrected chi connectivity index (χ3v) is 5.24. The third kappa shape index (κ3) is 3.40. The lowest BCUT2D eigenvalue weighted by Crippen LogP contribution is -2.53. The number of urea groups is 1. The first-order chi connectivity index (χ1) is 14.3. The van der Waals surface area contributed by atoms with Crippen LogP contribution in [0.4, 0.5) is 10.6 Å². The fraction of sp³-hybridized carbons (Fsp3) is 0.190. The summed E-state index contributed by atoms with van der Waals surface area (Å²) in [6.45, 7) is 4.76. The Labute approximate surface area is 178 Å². The van der Waals surface area contributed by atoms with Crippen LogP contribution >= 0.6 is 11.6 Å². The van der Waals surface area contributed by atoms with E-state index in [1.807, 2.05) is 23.1 Å². The summed E-state index contributed by atoms with van der Waals surface area (Å²) in [6, 6.07) is 6.64. The van der Waals surface area contributed by atoms with Gasteiger partial charge in [0.25, 0.3) is 5.91 Å². The number of nitrogens with zero attached hydrogens (tertiary/aromatic N) is 2. The smallest absolute Gasteiger partial charge is 0.323 e. The quantitative estimate of drug-likeness (QED) is 0.512. The number of aromatic nitrogens is 1. The van der Waals surface area contributed by atoms with Crippen LogP contribution < -0.4 is 21.1 Å². The van der Waals surface area contributed by atoms with Crippen molar-refractivity contribution >= 4 is 35.1 Å². The minimum Gasteiger partial charge on any atom is -0.497 e. The number of methoxy groups -OCH3 is 1. The summed E-state index contributed by atoms with van der Waals surface area (Å²) in [5.74, 6) is 6.06. The molecular weight excluding hydrogens is 406 g/mol. The Hall–Kier alpha value is -3.70. The Morgan fingerprint density at radius 3 is 2.90 bits per heavy atom. The van der Waals surface area contributed by atoms with Crippen molar-refractivity contribution in [1.29, 1.82) is 0 Å². The van der Waals surface area contributed by atoms with Gasteiger partial charge in [-0.05, 0) is 23.8 Å². The molecule has 152 valence electrons. The Balaban J connectivity index is 1.67. The van der Waals surface area contributed by atoms with Gasteiger partial charge in [0, 0.05) is 24.0 Å². The highest BCUT2D eigenvalue weighted by molar-refractivity contribution is 6.30. The van der Waals surface area contributed by atoms with Gasteiger partial charge in [-0.3, -0.25) is 10.1 Å². The molecule has 30 heavy (non-hydrogen) atoms. The highest BCUT2D eigenvalue weighted by Crippen LogP contribution is 2.35. The number of anilines is 1. The highest BCUT2D eigenvalue weighted by Gasteiger charge is 2.47. The molecule has 0 spiro atoms. The second-order valence-electron chi connectivity index (χ2n) is 6.98. The molecular formula is C21H18ClN5O3. The number of hydrogen-bond donors (Lipinski definition) is 3. The number of fused-ring (bicyclic) bond motifs is 1. The molecule has 2 aliphatic rings. The summed E-state index contributed by atoms with van der Waals surface area (Å²) < 4.78 is 5.28. The molecule has 1 aromatic heterocycles. The molecule has 0 aliphatic carbocycles. The Bertz CT molecular complexity index is 1150. The summed E-state index contributed by atoms with van der Waals surface area (Å²) in [7, 11) is 1.59. The van der Waals surface area contributed by atoms with Gasteiger partial charge in [-0.1, -0.05) is 36.1 Å². The second kappa shape index (κ2) is 7.28. The molecule has 3 amide bonds. The van der Waals surface area contributed by atoms with Crippen LogP contribution in [0.25, 0.3) is 5.70 Å². The van der Waals surface area contributed by atoms with E-state index in [9.17, 15) is 9.59 Å². The number of ether oxygens (including phenoxy) is 1. The van der Waals surface area contributed by atoms with Crippen LogP contribution in [0.2, 0.25) is 5.02 Å². The van der Waals surface area contributed by atoms with Gasteiger partial charge in [-0.25, -0.2) is 9.78 Å². The first-order valence-electron chi connectivity index (χ1n) is 9.00. The number of carbonyl (C=O) groups excluding carboxylic acids is 2. The van der Waals surface area contributed by atoms with Gasteiger partial charge >= 0.3 is 6.03 Å². The van der Waals surface area contributed by atoms with E-state index in [0.717, 1.165) is 11.1 Å². The van der Waals surface area contributed by atoms with Gasteiger partial charge in [-0.15, -0.1) is 0 Å². The van der Waals surface area contributed by atoms with Crippen LogP contribution in [0.3, 0.4) is 0 Å². The summed E-state index contributed by atoms with van der Waals surface area (Å²) in [5.41, 5.74) is 7.40. The number of nitrogens with one attached hydrogen (secondary N) is 2. The van der Waals surface area contributed by atoms with E-state index in [1.165, 1.54) is 6.20 Å². The molecule has 1 aromatic carbocycles. The van der Waals surface area contributed by atoms with Gasteiger partial charge in [0.2, 0.25) is 5.54 Å². The summed E-state index contributed by atoms with van der Waals surface area (Å²) >= 11 is 5.97. The number of hydrogen-bond acceptors (Lipinski definition) is 6. The van der Waals surface area contributed by atoms with Crippen LogP contribution in [0, 0.1) is 11.8 Å². The zero-order valence-corrected chi connectivity index (χ0v) is 16.8. The maximum atomic E-state index is 12.7. The predicted octanol–water partition coefficient (Wildman–Crippen LogP) is 1.74. The van der Waals surface area contributed by atoms with E-state index < -0.39 is 17.5 Å². The number of halogens is 1. The van der Waals surface area contributed by atoms with Gasteiger partial charge < -0.3 is 20.7 Å². The number of imide groups is 1. The number of nitrogen functional groups attached to an aromatic ring is 1. The van der Waals surface area contributed by atoms with Crippen LogP contribution in [0.1, 0.15) is 16.7 Å². The maximum absolute atomic E-state index is 12.7. The first kappa shape index (κ1) is 19.6. The monoisotopic (exact) mass is 423 g/mol. The van der Waals surface area contributed by atoms with Gasteiger partial charge in [0.1, 0.15) is 11.6 Å². The van der Waals surface area contributed by atoms with Crippen LogP contribution in [-0.2, 0) is 11.3 Å². The number of amides is 3. The number of benzene rings is 1. The number of carbonyl (C=O) groups is 2. The van der Waals surface area contributed by atoms with E-state index in [-0.39, 0.29) is 12.4 Å². The van der Waals surface area contributed by atoms with Crippen LogP contribution in [0.15, 0.2) is 37.0 Å². The van der Waals surface area contributed by atoms with E-state index in [1.54, 1.807) is 13.2 Å². The molecule has 8 nitrogen and oxygen atoms in total. The fourth-order valence-corrected chi connectivity index (χ4v) is 3.61. The molecule has 4 N–H and O–H groups in total. The highest BCUT2D eigenvalue weighted by atomic mass is 35.5. The van der Waals surface area contributed by atoms with Crippen molar-refractivity contribution in [2.45, 2.75) is 12.1 Å². The zero-order chi connectivity index (χ0) is 21.5. The third-order valence-electron chi connectivity index (χ3n) is 5.04. The van der Waals surface area contributed by atoms with E-state index in [0.29, 0.717) is 28.6 Å². The lowest BCUT2D eigenvalue weighted by Gasteiger charge is -2.28.